The standard InChI is InChI=1S/C14H20ClNO/c1-10-4-3-7-16(9-10)14-6-5-12(11(2)17)8-13(14)15/h5-6,8,10-11,17H,3-4,7,9H2,1-2H3/t10-,11+/m1/s1. The molecule has 2 rings (SSSR count). The van der Waals surface area contributed by atoms with E-state index in [9.17, 15) is 5.11 Å². The zero-order valence-corrected chi connectivity index (χ0v) is 11.2. The van der Waals surface area contributed by atoms with Gasteiger partial charge in [-0.05, 0) is 43.4 Å². The number of anilines is 1. The Bertz CT molecular complexity index is 392. The van der Waals surface area contributed by atoms with E-state index in [1.807, 2.05) is 18.2 Å². The average molecular weight is 254 g/mol. The first-order valence-corrected chi connectivity index (χ1v) is 6.68. The molecule has 1 heterocycles. The minimum Gasteiger partial charge on any atom is -0.389 e. The summed E-state index contributed by atoms with van der Waals surface area (Å²) in [6.45, 7) is 6.20. The molecule has 0 aliphatic carbocycles. The molecule has 0 unspecified atom stereocenters. The molecule has 1 fully saturated rings. The summed E-state index contributed by atoms with van der Waals surface area (Å²) in [7, 11) is 0. The molecular weight excluding hydrogens is 234 g/mol. The first-order chi connectivity index (χ1) is 8.08. The predicted molar refractivity (Wildman–Crippen MR) is 72.7 cm³/mol. The van der Waals surface area contributed by atoms with Crippen LogP contribution in [0.5, 0.6) is 0 Å². The Kier molecular flexibility index (Phi) is 3.95. The molecule has 94 valence electrons. The Balaban J connectivity index is 2.21. The molecule has 0 aromatic heterocycles. The lowest BCUT2D eigenvalue weighted by atomic mass is 9.99. The first-order valence-electron chi connectivity index (χ1n) is 6.30. The second-order valence-electron chi connectivity index (χ2n) is 5.08. The Hall–Kier alpha value is -0.730. The van der Waals surface area contributed by atoms with E-state index in [1.165, 1.54) is 12.8 Å². The summed E-state index contributed by atoms with van der Waals surface area (Å²) in [5.41, 5.74) is 1.98. The zero-order valence-electron chi connectivity index (χ0n) is 10.5. The molecule has 3 heteroatoms. The van der Waals surface area contributed by atoms with E-state index in [2.05, 4.69) is 11.8 Å². The molecule has 0 amide bonds. The highest BCUT2D eigenvalue weighted by atomic mass is 35.5. The van der Waals surface area contributed by atoms with Crippen LogP contribution in [0.25, 0.3) is 0 Å². The fraction of sp³-hybridized carbons (Fsp3) is 0.571. The van der Waals surface area contributed by atoms with Crippen molar-refractivity contribution in [2.45, 2.75) is 32.8 Å². The second kappa shape index (κ2) is 5.28. The normalized spacial score (nSPS) is 22.6. The highest BCUT2D eigenvalue weighted by Gasteiger charge is 2.18. The van der Waals surface area contributed by atoms with Gasteiger partial charge in [0.25, 0.3) is 0 Å². The number of aliphatic hydroxyl groups excluding tert-OH is 1. The predicted octanol–water partition coefficient (Wildman–Crippen LogP) is 3.63. The van der Waals surface area contributed by atoms with Crippen LogP contribution in [0, 0.1) is 5.92 Å². The number of aliphatic hydroxyl groups is 1. The summed E-state index contributed by atoms with van der Waals surface area (Å²) in [5, 5.41) is 10.3. The topological polar surface area (TPSA) is 23.5 Å². The number of nitrogens with zero attached hydrogens (tertiary/aromatic N) is 1. The van der Waals surface area contributed by atoms with Gasteiger partial charge in [-0.3, -0.25) is 0 Å². The first kappa shape index (κ1) is 12.7. The monoisotopic (exact) mass is 253 g/mol. The zero-order chi connectivity index (χ0) is 12.4. The molecule has 17 heavy (non-hydrogen) atoms. The van der Waals surface area contributed by atoms with Crippen LogP contribution in [0.15, 0.2) is 18.2 Å². The van der Waals surface area contributed by atoms with Gasteiger partial charge >= 0.3 is 0 Å². The summed E-state index contributed by atoms with van der Waals surface area (Å²) in [4.78, 5) is 2.35. The quantitative estimate of drug-likeness (QED) is 0.870. The van der Waals surface area contributed by atoms with Gasteiger partial charge in [-0.1, -0.05) is 24.6 Å². The summed E-state index contributed by atoms with van der Waals surface area (Å²) in [6.07, 6.45) is 2.08. The lowest BCUT2D eigenvalue weighted by molar-refractivity contribution is 0.199. The number of piperidine rings is 1. The largest absolute Gasteiger partial charge is 0.389 e. The lowest BCUT2D eigenvalue weighted by Crippen LogP contribution is -2.34. The van der Waals surface area contributed by atoms with Gasteiger partial charge in [0.05, 0.1) is 16.8 Å². The van der Waals surface area contributed by atoms with E-state index in [0.717, 1.165) is 35.3 Å². The van der Waals surface area contributed by atoms with Crippen LogP contribution in [0.1, 0.15) is 38.4 Å². The molecule has 0 radical (unpaired) electrons. The summed E-state index contributed by atoms with van der Waals surface area (Å²) >= 11 is 6.30. The van der Waals surface area contributed by atoms with Crippen molar-refractivity contribution in [2.24, 2.45) is 5.92 Å². The van der Waals surface area contributed by atoms with Gasteiger partial charge in [0.1, 0.15) is 0 Å². The number of benzene rings is 1. The van der Waals surface area contributed by atoms with Crippen molar-refractivity contribution in [1.82, 2.24) is 0 Å². The maximum absolute atomic E-state index is 9.52. The van der Waals surface area contributed by atoms with Crippen molar-refractivity contribution in [3.05, 3.63) is 28.8 Å². The van der Waals surface area contributed by atoms with Crippen LogP contribution >= 0.6 is 11.6 Å². The van der Waals surface area contributed by atoms with E-state index < -0.39 is 6.10 Å². The fourth-order valence-corrected chi connectivity index (χ4v) is 2.76. The lowest BCUT2D eigenvalue weighted by Gasteiger charge is -2.33. The third-order valence-corrected chi connectivity index (χ3v) is 3.75. The average Bonchev–Trinajstić information content (AvgIpc) is 2.28. The Labute approximate surface area is 108 Å². The molecule has 1 aromatic rings. The van der Waals surface area contributed by atoms with Gasteiger partial charge < -0.3 is 10.0 Å². The molecule has 2 nitrogen and oxygen atoms in total. The van der Waals surface area contributed by atoms with Gasteiger partial charge in [-0.25, -0.2) is 0 Å². The van der Waals surface area contributed by atoms with E-state index >= 15 is 0 Å². The van der Waals surface area contributed by atoms with Crippen molar-refractivity contribution >= 4 is 17.3 Å². The molecule has 0 spiro atoms. The third-order valence-electron chi connectivity index (χ3n) is 3.45. The van der Waals surface area contributed by atoms with E-state index in [4.69, 9.17) is 11.6 Å². The van der Waals surface area contributed by atoms with Crippen molar-refractivity contribution in [3.63, 3.8) is 0 Å². The molecule has 1 aliphatic heterocycles. The minimum absolute atomic E-state index is 0.457. The SMILES string of the molecule is C[C@@H]1CCCN(c2ccc([C@H](C)O)cc2Cl)C1. The van der Waals surface area contributed by atoms with Gasteiger partial charge in [-0.15, -0.1) is 0 Å². The third kappa shape index (κ3) is 2.93. The maximum Gasteiger partial charge on any atom is 0.0762 e. The molecular formula is C14H20ClNO. The van der Waals surface area contributed by atoms with Crippen LogP contribution < -0.4 is 4.90 Å². The van der Waals surface area contributed by atoms with Crippen LogP contribution in [-0.2, 0) is 0 Å². The Morgan fingerprint density at radius 1 is 1.47 bits per heavy atom. The van der Waals surface area contributed by atoms with E-state index in [0.29, 0.717) is 0 Å². The smallest absolute Gasteiger partial charge is 0.0762 e. The fourth-order valence-electron chi connectivity index (χ4n) is 2.45. The summed E-state index contributed by atoms with van der Waals surface area (Å²) in [6, 6.07) is 5.87. The van der Waals surface area contributed by atoms with Gasteiger partial charge in [0.2, 0.25) is 0 Å². The summed E-state index contributed by atoms with van der Waals surface area (Å²) in [5.74, 6) is 0.733. The van der Waals surface area contributed by atoms with Crippen LogP contribution in [0.4, 0.5) is 5.69 Å². The Morgan fingerprint density at radius 3 is 2.82 bits per heavy atom. The molecule has 1 aliphatic rings. The molecule has 1 saturated heterocycles. The van der Waals surface area contributed by atoms with E-state index in [1.54, 1.807) is 6.92 Å². The molecule has 1 aromatic carbocycles. The van der Waals surface area contributed by atoms with Crippen molar-refractivity contribution in [3.8, 4) is 0 Å². The summed E-state index contributed by atoms with van der Waals surface area (Å²) < 4.78 is 0. The highest BCUT2D eigenvalue weighted by Crippen LogP contribution is 2.31. The van der Waals surface area contributed by atoms with Gasteiger partial charge in [0.15, 0.2) is 0 Å². The molecule has 1 N–H and O–H groups in total. The molecule has 0 saturated carbocycles. The van der Waals surface area contributed by atoms with Crippen LogP contribution in [0.3, 0.4) is 0 Å². The number of rotatable bonds is 2. The van der Waals surface area contributed by atoms with Crippen LogP contribution in [-0.4, -0.2) is 18.2 Å². The van der Waals surface area contributed by atoms with Gasteiger partial charge in [0, 0.05) is 13.1 Å². The van der Waals surface area contributed by atoms with Gasteiger partial charge in [-0.2, -0.15) is 0 Å². The molecule has 2 atom stereocenters. The highest BCUT2D eigenvalue weighted by molar-refractivity contribution is 6.33. The van der Waals surface area contributed by atoms with Crippen LogP contribution in [0.2, 0.25) is 5.02 Å². The van der Waals surface area contributed by atoms with Crippen molar-refractivity contribution in [2.75, 3.05) is 18.0 Å². The van der Waals surface area contributed by atoms with Crippen molar-refractivity contribution in [1.29, 1.82) is 0 Å². The molecule has 0 bridgehead atoms. The maximum atomic E-state index is 9.52. The van der Waals surface area contributed by atoms with E-state index in [-0.39, 0.29) is 0 Å². The van der Waals surface area contributed by atoms with Crippen molar-refractivity contribution < 1.29 is 5.11 Å². The Morgan fingerprint density at radius 2 is 2.24 bits per heavy atom. The minimum atomic E-state index is -0.457. The second-order valence-corrected chi connectivity index (χ2v) is 5.49. The number of halogens is 1. The number of hydrogen-bond acceptors (Lipinski definition) is 2. The number of hydrogen-bond donors (Lipinski definition) is 1.